The highest BCUT2D eigenvalue weighted by molar-refractivity contribution is 9.10. The van der Waals surface area contributed by atoms with E-state index in [1.54, 1.807) is 17.2 Å². The number of rotatable bonds is 11. The number of anilines is 4. The molecule has 2 aromatic carbocycles. The fourth-order valence-electron chi connectivity index (χ4n) is 3.54. The Morgan fingerprint density at radius 1 is 1.03 bits per heavy atom. The number of halogens is 1. The molecule has 0 saturated heterocycles. The van der Waals surface area contributed by atoms with Crippen molar-refractivity contribution in [2.75, 3.05) is 34.4 Å². The van der Waals surface area contributed by atoms with Gasteiger partial charge >= 0.3 is 5.69 Å². The molecule has 37 heavy (non-hydrogen) atoms. The summed E-state index contributed by atoms with van der Waals surface area (Å²) in [7, 11) is 0. The fraction of sp³-hybridized carbons (Fsp3) is 0.120. The number of hydrogen-bond acceptors (Lipinski definition) is 9. The number of benzene rings is 2. The number of hydrogen-bond donors (Lipinski definition) is 3. The summed E-state index contributed by atoms with van der Waals surface area (Å²) in [6, 6.07) is 20.0. The van der Waals surface area contributed by atoms with Crippen molar-refractivity contribution >= 4 is 51.3 Å². The van der Waals surface area contributed by atoms with Crippen molar-refractivity contribution in [3.05, 3.63) is 93.1 Å². The SMILES string of the molecule is Nc1nc(NCCNc2nccc(-c3ccc(N(C=O)Cc4cccc(Br)c4)cc3)n2)ccc1[N+](=O)[O-]. The smallest absolute Gasteiger partial charge is 0.311 e. The second-order valence-corrected chi connectivity index (χ2v) is 8.80. The van der Waals surface area contributed by atoms with Crippen LogP contribution in [0.4, 0.5) is 29.0 Å². The molecule has 0 atom stereocenters. The molecule has 0 spiro atoms. The first-order valence-corrected chi connectivity index (χ1v) is 12.0. The number of nitro groups is 1. The molecule has 188 valence electrons. The van der Waals surface area contributed by atoms with E-state index in [9.17, 15) is 14.9 Å². The van der Waals surface area contributed by atoms with Gasteiger partial charge in [-0.3, -0.25) is 14.9 Å². The Balaban J connectivity index is 1.34. The average Bonchev–Trinajstić information content (AvgIpc) is 2.90. The van der Waals surface area contributed by atoms with E-state index in [0.717, 1.165) is 33.4 Å². The predicted octanol–water partition coefficient (Wildman–Crippen LogP) is 4.48. The molecule has 4 rings (SSSR count). The van der Waals surface area contributed by atoms with E-state index in [1.165, 1.54) is 12.1 Å². The van der Waals surface area contributed by atoms with Crippen LogP contribution in [0.3, 0.4) is 0 Å². The van der Waals surface area contributed by atoms with E-state index in [4.69, 9.17) is 5.73 Å². The minimum atomic E-state index is -0.576. The van der Waals surface area contributed by atoms with Crippen molar-refractivity contribution < 1.29 is 9.72 Å². The highest BCUT2D eigenvalue weighted by Crippen LogP contribution is 2.24. The number of nitrogen functional groups attached to an aromatic ring is 1. The predicted molar refractivity (Wildman–Crippen MR) is 146 cm³/mol. The third kappa shape index (κ3) is 6.76. The molecule has 2 heterocycles. The molecule has 0 radical (unpaired) electrons. The summed E-state index contributed by atoms with van der Waals surface area (Å²) in [5.41, 5.74) is 8.78. The van der Waals surface area contributed by atoms with Crippen LogP contribution in [0.25, 0.3) is 11.3 Å². The van der Waals surface area contributed by atoms with Crippen molar-refractivity contribution in [3.63, 3.8) is 0 Å². The van der Waals surface area contributed by atoms with E-state index < -0.39 is 4.92 Å². The number of carbonyl (C=O) groups is 1. The Kier molecular flexibility index (Phi) is 8.21. The molecule has 0 bridgehead atoms. The Bertz CT molecular complexity index is 1400. The molecule has 1 amide bonds. The van der Waals surface area contributed by atoms with Gasteiger partial charge in [0.05, 0.1) is 17.2 Å². The van der Waals surface area contributed by atoms with Crippen LogP contribution < -0.4 is 21.3 Å². The van der Waals surface area contributed by atoms with Gasteiger partial charge in [-0.2, -0.15) is 0 Å². The maximum absolute atomic E-state index is 11.7. The molecule has 0 aliphatic rings. The lowest BCUT2D eigenvalue weighted by Crippen LogP contribution is -2.20. The van der Waals surface area contributed by atoms with Gasteiger partial charge in [-0.1, -0.05) is 40.2 Å². The largest absolute Gasteiger partial charge is 0.378 e. The third-order valence-electron chi connectivity index (χ3n) is 5.33. The molecule has 2 aromatic heterocycles. The van der Waals surface area contributed by atoms with Crippen LogP contribution in [-0.4, -0.2) is 39.4 Å². The summed E-state index contributed by atoms with van der Waals surface area (Å²) in [6.45, 7) is 1.40. The van der Waals surface area contributed by atoms with Crippen LogP contribution in [-0.2, 0) is 11.3 Å². The Morgan fingerprint density at radius 2 is 1.81 bits per heavy atom. The minimum Gasteiger partial charge on any atom is -0.378 e. The topological polar surface area (TPSA) is 152 Å². The Labute approximate surface area is 221 Å². The maximum Gasteiger partial charge on any atom is 0.311 e. The zero-order chi connectivity index (χ0) is 26.2. The molecular formula is C25H23BrN8O3. The molecule has 0 unspecified atom stereocenters. The van der Waals surface area contributed by atoms with Gasteiger partial charge in [-0.05, 0) is 42.0 Å². The zero-order valence-corrected chi connectivity index (χ0v) is 21.1. The van der Waals surface area contributed by atoms with E-state index in [1.807, 2.05) is 48.5 Å². The zero-order valence-electron chi connectivity index (χ0n) is 19.5. The number of amides is 1. The Morgan fingerprint density at radius 3 is 2.51 bits per heavy atom. The summed E-state index contributed by atoms with van der Waals surface area (Å²) >= 11 is 3.46. The number of aromatic nitrogens is 3. The van der Waals surface area contributed by atoms with Gasteiger partial charge in [0.2, 0.25) is 18.2 Å². The second-order valence-electron chi connectivity index (χ2n) is 7.89. The standard InChI is InChI=1S/C25H23BrN8O3/c26-19-3-1-2-17(14-19)15-33(16-35)20-6-4-18(5-7-20)21-10-11-29-25(31-21)30-13-12-28-23-9-8-22(34(36)37)24(27)32-23/h1-11,14,16H,12-13,15H2,(H3,27,28,32)(H,29,30,31). The van der Waals surface area contributed by atoms with Crippen molar-refractivity contribution in [1.82, 2.24) is 15.0 Å². The number of carbonyl (C=O) groups excluding carboxylic acids is 1. The van der Waals surface area contributed by atoms with Gasteiger partial charge in [-0.15, -0.1) is 0 Å². The lowest BCUT2D eigenvalue weighted by molar-refractivity contribution is -0.384. The summed E-state index contributed by atoms with van der Waals surface area (Å²) in [5, 5.41) is 17.0. The lowest BCUT2D eigenvalue weighted by Gasteiger charge is -2.18. The highest BCUT2D eigenvalue weighted by atomic mass is 79.9. The normalized spacial score (nSPS) is 10.5. The molecule has 11 nitrogen and oxygen atoms in total. The number of nitrogens with zero attached hydrogens (tertiary/aromatic N) is 5. The molecule has 0 aliphatic heterocycles. The highest BCUT2D eigenvalue weighted by Gasteiger charge is 2.12. The van der Waals surface area contributed by atoms with Gasteiger partial charge in [0.1, 0.15) is 5.82 Å². The van der Waals surface area contributed by atoms with Crippen LogP contribution in [0.15, 0.2) is 77.4 Å². The summed E-state index contributed by atoms with van der Waals surface area (Å²) in [6.07, 6.45) is 2.48. The van der Waals surface area contributed by atoms with Crippen molar-refractivity contribution in [3.8, 4) is 11.3 Å². The van der Waals surface area contributed by atoms with Crippen LogP contribution in [0.5, 0.6) is 0 Å². The molecule has 0 aliphatic carbocycles. The van der Waals surface area contributed by atoms with Crippen molar-refractivity contribution in [2.24, 2.45) is 0 Å². The first-order valence-electron chi connectivity index (χ1n) is 11.2. The van der Waals surface area contributed by atoms with Crippen LogP contribution >= 0.6 is 15.9 Å². The summed E-state index contributed by atoms with van der Waals surface area (Å²) in [5.74, 6) is 0.738. The fourth-order valence-corrected chi connectivity index (χ4v) is 3.98. The number of pyridine rings is 1. The van der Waals surface area contributed by atoms with Crippen LogP contribution in [0.2, 0.25) is 0 Å². The number of nitrogens with two attached hydrogens (primary N) is 1. The van der Waals surface area contributed by atoms with Gasteiger partial charge in [0, 0.05) is 41.1 Å². The van der Waals surface area contributed by atoms with Crippen LogP contribution in [0.1, 0.15) is 5.56 Å². The third-order valence-corrected chi connectivity index (χ3v) is 5.83. The molecule has 0 fully saturated rings. The minimum absolute atomic E-state index is 0.144. The molecule has 12 heteroatoms. The van der Waals surface area contributed by atoms with E-state index in [-0.39, 0.29) is 11.5 Å². The molecule has 0 saturated carbocycles. The van der Waals surface area contributed by atoms with Crippen LogP contribution in [0, 0.1) is 10.1 Å². The number of nitrogens with one attached hydrogen (secondary N) is 2. The lowest BCUT2D eigenvalue weighted by atomic mass is 10.1. The molecule has 4 N–H and O–H groups in total. The second kappa shape index (κ2) is 11.9. The molecular weight excluding hydrogens is 540 g/mol. The monoisotopic (exact) mass is 562 g/mol. The summed E-state index contributed by atoms with van der Waals surface area (Å²) in [4.78, 5) is 36.4. The first kappa shape index (κ1) is 25.5. The quantitative estimate of drug-likeness (QED) is 0.104. The van der Waals surface area contributed by atoms with Crippen molar-refractivity contribution in [2.45, 2.75) is 6.54 Å². The van der Waals surface area contributed by atoms with E-state index in [2.05, 4.69) is 41.5 Å². The average molecular weight is 563 g/mol. The summed E-state index contributed by atoms with van der Waals surface area (Å²) < 4.78 is 0.961. The van der Waals surface area contributed by atoms with Gasteiger partial charge in [0.15, 0.2) is 0 Å². The van der Waals surface area contributed by atoms with E-state index >= 15 is 0 Å². The first-order chi connectivity index (χ1) is 17.9. The molecule has 4 aromatic rings. The van der Waals surface area contributed by atoms with E-state index in [0.29, 0.717) is 31.4 Å². The van der Waals surface area contributed by atoms with Crippen molar-refractivity contribution in [1.29, 1.82) is 0 Å². The van der Waals surface area contributed by atoms with Gasteiger partial charge in [-0.25, -0.2) is 15.0 Å². The van der Waals surface area contributed by atoms with Gasteiger partial charge < -0.3 is 21.3 Å². The maximum atomic E-state index is 11.7. The van der Waals surface area contributed by atoms with Gasteiger partial charge in [0.25, 0.3) is 0 Å². The Hall–Kier alpha value is -4.58.